The lowest BCUT2D eigenvalue weighted by Gasteiger charge is -2.35. The van der Waals surface area contributed by atoms with E-state index in [1.165, 1.54) is 0 Å². The summed E-state index contributed by atoms with van der Waals surface area (Å²) in [6, 6.07) is 7.59. The van der Waals surface area contributed by atoms with E-state index in [9.17, 15) is 9.59 Å². The molecule has 1 unspecified atom stereocenters. The number of fused-ring (bicyclic) bond motifs is 1. The topological polar surface area (TPSA) is 76.1 Å². The number of aliphatic carboxylic acids is 1. The van der Waals surface area contributed by atoms with Crippen molar-refractivity contribution >= 4 is 11.9 Å². The monoisotopic (exact) mass is 319 g/mol. The third kappa shape index (κ3) is 3.47. The Labute approximate surface area is 135 Å². The van der Waals surface area contributed by atoms with Gasteiger partial charge in [0.1, 0.15) is 18.3 Å². The number of para-hydroxylation sites is 1. The highest BCUT2D eigenvalue weighted by Crippen LogP contribution is 2.35. The van der Waals surface area contributed by atoms with Crippen LogP contribution in [0.4, 0.5) is 0 Å². The molecule has 1 aromatic rings. The van der Waals surface area contributed by atoms with E-state index in [-0.39, 0.29) is 30.8 Å². The first-order chi connectivity index (χ1) is 11.2. The Kier molecular flexibility index (Phi) is 4.81. The molecule has 0 radical (unpaired) electrons. The number of carbonyl (C=O) groups is 2. The molecule has 2 aliphatic heterocycles. The minimum atomic E-state index is -0.891. The number of carboxylic acid groups (broad SMARTS) is 1. The standard InChI is InChI=1S/C17H21NO5/c19-16(20)5-8-18(12-6-9-22-10-7-12)17(21)14-11-23-15-4-2-1-3-13(14)15/h1-4,12,14H,5-11H2,(H,19,20). The van der Waals surface area contributed by atoms with Crippen LogP contribution in [-0.4, -0.2) is 54.3 Å². The maximum atomic E-state index is 13.0. The van der Waals surface area contributed by atoms with Gasteiger partial charge in [0, 0.05) is 31.4 Å². The van der Waals surface area contributed by atoms with E-state index in [1.807, 2.05) is 24.3 Å². The van der Waals surface area contributed by atoms with Crippen LogP contribution in [0, 0.1) is 0 Å². The van der Waals surface area contributed by atoms with E-state index in [1.54, 1.807) is 4.90 Å². The van der Waals surface area contributed by atoms with Crippen molar-refractivity contribution in [3.8, 4) is 5.75 Å². The number of hydrogen-bond donors (Lipinski definition) is 1. The molecule has 1 amide bonds. The molecule has 2 heterocycles. The summed E-state index contributed by atoms with van der Waals surface area (Å²) in [5.41, 5.74) is 0.893. The van der Waals surface area contributed by atoms with Gasteiger partial charge in [0.25, 0.3) is 0 Å². The molecule has 0 bridgehead atoms. The molecule has 0 spiro atoms. The van der Waals surface area contributed by atoms with Crippen molar-refractivity contribution in [2.24, 2.45) is 0 Å². The fourth-order valence-corrected chi connectivity index (χ4v) is 3.25. The zero-order chi connectivity index (χ0) is 16.2. The summed E-state index contributed by atoms with van der Waals surface area (Å²) in [5.74, 6) is -0.528. The Balaban J connectivity index is 1.78. The molecular weight excluding hydrogens is 298 g/mol. The van der Waals surface area contributed by atoms with Crippen LogP contribution in [0.25, 0.3) is 0 Å². The first-order valence-electron chi connectivity index (χ1n) is 7.98. The van der Waals surface area contributed by atoms with Crippen LogP contribution in [0.1, 0.15) is 30.7 Å². The van der Waals surface area contributed by atoms with E-state index in [2.05, 4.69) is 0 Å². The molecule has 0 aliphatic carbocycles. The predicted molar refractivity (Wildman–Crippen MR) is 82.5 cm³/mol. The van der Waals surface area contributed by atoms with Gasteiger partial charge in [-0.1, -0.05) is 18.2 Å². The highest BCUT2D eigenvalue weighted by atomic mass is 16.5. The molecule has 124 valence electrons. The van der Waals surface area contributed by atoms with Crippen molar-refractivity contribution in [2.45, 2.75) is 31.2 Å². The first kappa shape index (κ1) is 15.8. The quantitative estimate of drug-likeness (QED) is 0.893. The van der Waals surface area contributed by atoms with Crippen molar-refractivity contribution < 1.29 is 24.2 Å². The summed E-state index contributed by atoms with van der Waals surface area (Å²) >= 11 is 0. The van der Waals surface area contributed by atoms with Gasteiger partial charge in [-0.15, -0.1) is 0 Å². The van der Waals surface area contributed by atoms with Gasteiger partial charge in [-0.05, 0) is 18.9 Å². The second-order valence-corrected chi connectivity index (χ2v) is 5.92. The van der Waals surface area contributed by atoms with E-state index in [0.717, 1.165) is 24.2 Å². The van der Waals surface area contributed by atoms with Crippen LogP contribution in [0.15, 0.2) is 24.3 Å². The van der Waals surface area contributed by atoms with E-state index >= 15 is 0 Å². The molecule has 1 N–H and O–H groups in total. The minimum Gasteiger partial charge on any atom is -0.492 e. The van der Waals surface area contributed by atoms with Crippen molar-refractivity contribution in [1.29, 1.82) is 0 Å². The molecule has 1 saturated heterocycles. The molecular formula is C17H21NO5. The van der Waals surface area contributed by atoms with Crippen LogP contribution in [0.3, 0.4) is 0 Å². The maximum absolute atomic E-state index is 13.0. The molecule has 0 aromatic heterocycles. The number of benzene rings is 1. The predicted octanol–water partition coefficient (Wildman–Crippen LogP) is 1.64. The van der Waals surface area contributed by atoms with Gasteiger partial charge in [-0.25, -0.2) is 0 Å². The van der Waals surface area contributed by atoms with Gasteiger partial charge in [0.15, 0.2) is 0 Å². The van der Waals surface area contributed by atoms with Crippen LogP contribution in [0.2, 0.25) is 0 Å². The molecule has 6 heteroatoms. The summed E-state index contributed by atoms with van der Waals surface area (Å²) < 4.78 is 11.0. The van der Waals surface area contributed by atoms with Crippen LogP contribution in [0.5, 0.6) is 5.75 Å². The lowest BCUT2D eigenvalue weighted by Crippen LogP contribution is -2.46. The Morgan fingerprint density at radius 2 is 1.96 bits per heavy atom. The Bertz CT molecular complexity index is 582. The lowest BCUT2D eigenvalue weighted by molar-refractivity contribution is -0.141. The molecule has 1 aromatic carbocycles. The van der Waals surface area contributed by atoms with Crippen LogP contribution >= 0.6 is 0 Å². The van der Waals surface area contributed by atoms with Crippen molar-refractivity contribution in [2.75, 3.05) is 26.4 Å². The Hall–Kier alpha value is -2.08. The average Bonchev–Trinajstić information content (AvgIpc) is 2.99. The highest BCUT2D eigenvalue weighted by molar-refractivity contribution is 5.86. The zero-order valence-electron chi connectivity index (χ0n) is 12.9. The molecule has 1 fully saturated rings. The van der Waals surface area contributed by atoms with E-state index in [0.29, 0.717) is 19.8 Å². The summed E-state index contributed by atoms with van der Waals surface area (Å²) in [4.78, 5) is 25.7. The van der Waals surface area contributed by atoms with Gasteiger partial charge in [-0.3, -0.25) is 9.59 Å². The number of carboxylic acids is 1. The minimum absolute atomic E-state index is 0.0388. The Morgan fingerprint density at radius 1 is 1.22 bits per heavy atom. The number of rotatable bonds is 5. The molecule has 0 saturated carbocycles. The van der Waals surface area contributed by atoms with Gasteiger partial charge in [-0.2, -0.15) is 0 Å². The number of amides is 1. The summed E-state index contributed by atoms with van der Waals surface area (Å²) in [6.45, 7) is 1.78. The average molecular weight is 319 g/mol. The lowest BCUT2D eigenvalue weighted by atomic mass is 9.97. The van der Waals surface area contributed by atoms with Crippen molar-refractivity contribution in [3.05, 3.63) is 29.8 Å². The smallest absolute Gasteiger partial charge is 0.305 e. The van der Waals surface area contributed by atoms with Gasteiger partial charge in [0.05, 0.1) is 6.42 Å². The summed E-state index contributed by atoms with van der Waals surface area (Å²) in [7, 11) is 0. The molecule has 3 rings (SSSR count). The third-order valence-corrected chi connectivity index (χ3v) is 4.48. The zero-order valence-corrected chi connectivity index (χ0v) is 12.9. The Morgan fingerprint density at radius 3 is 2.70 bits per heavy atom. The number of nitrogens with zero attached hydrogens (tertiary/aromatic N) is 1. The summed E-state index contributed by atoms with van der Waals surface area (Å²) in [6.07, 6.45) is 1.46. The normalized spacial score (nSPS) is 20.6. The number of carbonyl (C=O) groups excluding carboxylic acids is 1. The fourth-order valence-electron chi connectivity index (χ4n) is 3.25. The van der Waals surface area contributed by atoms with E-state index in [4.69, 9.17) is 14.6 Å². The van der Waals surface area contributed by atoms with Gasteiger partial charge in [0.2, 0.25) is 5.91 Å². The largest absolute Gasteiger partial charge is 0.492 e. The third-order valence-electron chi connectivity index (χ3n) is 4.48. The SMILES string of the molecule is O=C(O)CCN(C(=O)C1COc2ccccc21)C1CCOCC1. The molecule has 2 aliphatic rings. The fraction of sp³-hybridized carbons (Fsp3) is 0.529. The van der Waals surface area contributed by atoms with Crippen LogP contribution < -0.4 is 4.74 Å². The van der Waals surface area contributed by atoms with Gasteiger partial charge >= 0.3 is 5.97 Å². The first-order valence-corrected chi connectivity index (χ1v) is 7.98. The number of hydrogen-bond acceptors (Lipinski definition) is 4. The molecule has 23 heavy (non-hydrogen) atoms. The molecule has 6 nitrogen and oxygen atoms in total. The molecule has 1 atom stereocenters. The highest BCUT2D eigenvalue weighted by Gasteiger charge is 2.36. The van der Waals surface area contributed by atoms with Gasteiger partial charge < -0.3 is 19.5 Å². The van der Waals surface area contributed by atoms with Crippen LogP contribution in [-0.2, 0) is 14.3 Å². The summed E-state index contributed by atoms with van der Waals surface area (Å²) in [5, 5.41) is 8.98. The van der Waals surface area contributed by atoms with E-state index < -0.39 is 5.97 Å². The van der Waals surface area contributed by atoms with Crippen molar-refractivity contribution in [3.63, 3.8) is 0 Å². The van der Waals surface area contributed by atoms with Crippen molar-refractivity contribution in [1.82, 2.24) is 4.90 Å². The second-order valence-electron chi connectivity index (χ2n) is 5.92. The maximum Gasteiger partial charge on any atom is 0.305 e. The second kappa shape index (κ2) is 7.00. The number of ether oxygens (including phenoxy) is 2.